The van der Waals surface area contributed by atoms with Crippen molar-refractivity contribution in [2.75, 3.05) is 0 Å². The Labute approximate surface area is 92.8 Å². The lowest BCUT2D eigenvalue weighted by molar-refractivity contribution is 0.579. The second-order valence-corrected chi connectivity index (χ2v) is 3.77. The van der Waals surface area contributed by atoms with Gasteiger partial charge in [-0.3, -0.25) is 0 Å². The molecule has 0 saturated carbocycles. The lowest BCUT2D eigenvalue weighted by Crippen LogP contribution is -1.94. The van der Waals surface area contributed by atoms with Gasteiger partial charge in [-0.1, -0.05) is 11.6 Å². The summed E-state index contributed by atoms with van der Waals surface area (Å²) in [6, 6.07) is 7.82. The summed E-state index contributed by atoms with van der Waals surface area (Å²) in [6.07, 6.45) is 0. The van der Waals surface area contributed by atoms with Crippen LogP contribution in [0.5, 0.6) is 0 Å². The molecule has 3 heteroatoms. The van der Waals surface area contributed by atoms with Crippen LogP contribution in [0.15, 0.2) is 30.3 Å². The highest BCUT2D eigenvalue weighted by molar-refractivity contribution is 5.64. The fourth-order valence-electron chi connectivity index (χ4n) is 1.57. The van der Waals surface area contributed by atoms with Crippen LogP contribution in [0.4, 0.5) is 8.78 Å². The quantitative estimate of drug-likeness (QED) is 0.667. The van der Waals surface area contributed by atoms with Crippen LogP contribution in [-0.4, -0.2) is 4.98 Å². The van der Waals surface area contributed by atoms with Gasteiger partial charge in [-0.25, -0.2) is 9.37 Å². The molecule has 2 rings (SSSR count). The van der Waals surface area contributed by atoms with Gasteiger partial charge in [0.2, 0.25) is 5.95 Å². The van der Waals surface area contributed by atoms with Gasteiger partial charge in [0.15, 0.2) is 0 Å². The summed E-state index contributed by atoms with van der Waals surface area (Å²) in [5, 5.41) is 0. The molecule has 0 aliphatic carbocycles. The molecule has 1 aromatic carbocycles. The van der Waals surface area contributed by atoms with E-state index >= 15 is 0 Å². The number of hydrogen-bond acceptors (Lipinski definition) is 1. The summed E-state index contributed by atoms with van der Waals surface area (Å²) >= 11 is 0. The van der Waals surface area contributed by atoms with Crippen molar-refractivity contribution in [3.05, 3.63) is 53.4 Å². The van der Waals surface area contributed by atoms with Crippen molar-refractivity contribution in [3.8, 4) is 11.1 Å². The van der Waals surface area contributed by atoms with E-state index in [-0.39, 0.29) is 11.1 Å². The molecule has 0 atom stereocenters. The predicted molar refractivity (Wildman–Crippen MR) is 59.1 cm³/mol. The Morgan fingerprint density at radius 3 is 2.38 bits per heavy atom. The highest BCUT2D eigenvalue weighted by Crippen LogP contribution is 2.25. The van der Waals surface area contributed by atoms with Crippen LogP contribution in [0, 0.1) is 25.6 Å². The molecule has 0 amide bonds. The topological polar surface area (TPSA) is 12.9 Å². The summed E-state index contributed by atoms with van der Waals surface area (Å²) in [6.45, 7) is 3.53. The van der Waals surface area contributed by atoms with Gasteiger partial charge in [0.05, 0.1) is 0 Å². The minimum absolute atomic E-state index is 0.201. The Morgan fingerprint density at radius 1 is 0.938 bits per heavy atom. The standard InChI is InChI=1S/C13H11F2N/c1-8-3-6-12(14)11(7-8)10-5-4-9(2)16-13(10)15/h3-7H,1-2H3. The number of pyridine rings is 1. The first-order chi connectivity index (χ1) is 7.58. The molecular weight excluding hydrogens is 208 g/mol. The van der Waals surface area contributed by atoms with Gasteiger partial charge in [-0.15, -0.1) is 0 Å². The molecule has 0 aliphatic heterocycles. The molecule has 0 bridgehead atoms. The van der Waals surface area contributed by atoms with Crippen LogP contribution in [-0.2, 0) is 0 Å². The zero-order valence-corrected chi connectivity index (χ0v) is 9.09. The molecule has 0 spiro atoms. The second-order valence-electron chi connectivity index (χ2n) is 3.77. The first-order valence-corrected chi connectivity index (χ1v) is 4.97. The van der Waals surface area contributed by atoms with Gasteiger partial charge >= 0.3 is 0 Å². The Kier molecular flexibility index (Phi) is 2.69. The van der Waals surface area contributed by atoms with Crippen molar-refractivity contribution >= 4 is 0 Å². The first-order valence-electron chi connectivity index (χ1n) is 4.97. The largest absolute Gasteiger partial charge is 0.225 e. The zero-order chi connectivity index (χ0) is 11.7. The SMILES string of the molecule is Cc1ccc(F)c(-c2ccc(C)nc2F)c1. The molecule has 0 fully saturated rings. The molecule has 2 aromatic rings. The molecule has 0 radical (unpaired) electrons. The number of aromatic nitrogens is 1. The third-order valence-electron chi connectivity index (χ3n) is 2.40. The van der Waals surface area contributed by atoms with Crippen LogP contribution in [0.2, 0.25) is 0 Å². The minimum Gasteiger partial charge on any atom is -0.225 e. The Morgan fingerprint density at radius 2 is 1.69 bits per heavy atom. The number of benzene rings is 1. The van der Waals surface area contributed by atoms with Gasteiger partial charge in [0.25, 0.3) is 0 Å². The molecule has 1 heterocycles. The molecule has 0 saturated heterocycles. The zero-order valence-electron chi connectivity index (χ0n) is 9.09. The summed E-state index contributed by atoms with van der Waals surface area (Å²) in [7, 11) is 0. The van der Waals surface area contributed by atoms with Gasteiger partial charge in [-0.05, 0) is 38.1 Å². The van der Waals surface area contributed by atoms with Crippen molar-refractivity contribution in [1.82, 2.24) is 4.98 Å². The maximum Gasteiger partial charge on any atom is 0.221 e. The van der Waals surface area contributed by atoms with Crippen molar-refractivity contribution in [2.24, 2.45) is 0 Å². The summed E-state index contributed by atoms with van der Waals surface area (Å²) in [5.74, 6) is -1.07. The van der Waals surface area contributed by atoms with Crippen LogP contribution in [0.25, 0.3) is 11.1 Å². The van der Waals surface area contributed by atoms with E-state index in [1.807, 2.05) is 6.92 Å². The monoisotopic (exact) mass is 219 g/mol. The van der Waals surface area contributed by atoms with E-state index in [1.165, 1.54) is 6.07 Å². The first kappa shape index (κ1) is 10.7. The van der Waals surface area contributed by atoms with Crippen LogP contribution in [0.1, 0.15) is 11.3 Å². The Bertz CT molecular complexity index is 535. The van der Waals surface area contributed by atoms with E-state index in [0.717, 1.165) is 5.56 Å². The van der Waals surface area contributed by atoms with E-state index in [2.05, 4.69) is 4.98 Å². The molecule has 0 aliphatic rings. The average molecular weight is 219 g/mol. The van der Waals surface area contributed by atoms with Crippen molar-refractivity contribution in [2.45, 2.75) is 13.8 Å². The van der Waals surface area contributed by atoms with Crippen molar-refractivity contribution in [1.29, 1.82) is 0 Å². The smallest absolute Gasteiger partial charge is 0.221 e. The van der Waals surface area contributed by atoms with E-state index in [4.69, 9.17) is 0 Å². The normalized spacial score (nSPS) is 10.5. The number of nitrogens with zero attached hydrogens (tertiary/aromatic N) is 1. The molecule has 0 unspecified atom stereocenters. The van der Waals surface area contributed by atoms with E-state index in [9.17, 15) is 8.78 Å². The van der Waals surface area contributed by atoms with Crippen molar-refractivity contribution < 1.29 is 8.78 Å². The number of aryl methyl sites for hydroxylation is 2. The van der Waals surface area contributed by atoms with Crippen molar-refractivity contribution in [3.63, 3.8) is 0 Å². The van der Waals surface area contributed by atoms with Gasteiger partial charge < -0.3 is 0 Å². The molecule has 1 aromatic heterocycles. The lowest BCUT2D eigenvalue weighted by Gasteiger charge is -2.06. The average Bonchev–Trinajstić information content (AvgIpc) is 2.22. The second kappa shape index (κ2) is 4.00. The summed E-state index contributed by atoms with van der Waals surface area (Å²) in [5.41, 5.74) is 1.92. The molecule has 16 heavy (non-hydrogen) atoms. The van der Waals surface area contributed by atoms with Gasteiger partial charge in [-0.2, -0.15) is 4.39 Å². The van der Waals surface area contributed by atoms with Crippen LogP contribution >= 0.6 is 0 Å². The lowest BCUT2D eigenvalue weighted by atomic mass is 10.0. The highest BCUT2D eigenvalue weighted by Gasteiger charge is 2.11. The van der Waals surface area contributed by atoms with E-state index in [1.54, 1.807) is 31.2 Å². The molecule has 82 valence electrons. The Balaban J connectivity index is 2.62. The minimum atomic E-state index is -0.635. The van der Waals surface area contributed by atoms with Gasteiger partial charge in [0, 0.05) is 16.8 Å². The number of halogens is 2. The number of rotatable bonds is 1. The van der Waals surface area contributed by atoms with Crippen LogP contribution in [0.3, 0.4) is 0 Å². The summed E-state index contributed by atoms with van der Waals surface area (Å²) < 4.78 is 27.1. The Hall–Kier alpha value is -1.77. The van der Waals surface area contributed by atoms with E-state index < -0.39 is 11.8 Å². The molecule has 1 nitrogen and oxygen atoms in total. The summed E-state index contributed by atoms with van der Waals surface area (Å²) in [4.78, 5) is 3.69. The third-order valence-corrected chi connectivity index (χ3v) is 2.40. The van der Waals surface area contributed by atoms with Gasteiger partial charge in [0.1, 0.15) is 5.82 Å². The highest BCUT2D eigenvalue weighted by atomic mass is 19.1. The third kappa shape index (κ3) is 1.94. The molecule has 0 N–H and O–H groups in total. The maximum atomic E-state index is 13.6. The maximum absolute atomic E-state index is 13.6. The fourth-order valence-corrected chi connectivity index (χ4v) is 1.57. The van der Waals surface area contributed by atoms with E-state index in [0.29, 0.717) is 5.69 Å². The predicted octanol–water partition coefficient (Wildman–Crippen LogP) is 3.64. The number of hydrogen-bond donors (Lipinski definition) is 0. The fraction of sp³-hybridized carbons (Fsp3) is 0.154. The molecular formula is C13H11F2N. The van der Waals surface area contributed by atoms with Crippen LogP contribution < -0.4 is 0 Å².